The first-order valence-corrected chi connectivity index (χ1v) is 15.6. The van der Waals surface area contributed by atoms with Crippen molar-refractivity contribution in [2.45, 2.75) is 76.9 Å². The minimum absolute atomic E-state index is 0.0852. The normalized spacial score (nSPS) is 22.5. The number of nitriles is 1. The van der Waals surface area contributed by atoms with Crippen molar-refractivity contribution in [3.05, 3.63) is 52.2 Å². The van der Waals surface area contributed by atoms with Gasteiger partial charge in [0.05, 0.1) is 52.7 Å². The maximum atomic E-state index is 17.1. The smallest absolute Gasteiger partial charge is 0.158 e. The predicted octanol–water partition coefficient (Wildman–Crippen LogP) is 6.94. The Balaban J connectivity index is 1.47. The lowest BCUT2D eigenvalue weighted by atomic mass is 9.76. The van der Waals surface area contributed by atoms with Gasteiger partial charge in [-0.15, -0.1) is 0 Å². The van der Waals surface area contributed by atoms with E-state index in [1.54, 1.807) is 6.20 Å². The van der Waals surface area contributed by atoms with E-state index in [1.807, 2.05) is 32.2 Å². The zero-order chi connectivity index (χ0) is 30.0. The number of nitrogens with one attached hydrogen (secondary N) is 2. The maximum absolute atomic E-state index is 17.1. The van der Waals surface area contributed by atoms with E-state index in [0.717, 1.165) is 83.0 Å². The molecule has 4 heterocycles. The molecule has 2 atom stereocenters. The van der Waals surface area contributed by atoms with E-state index >= 15 is 4.39 Å². The van der Waals surface area contributed by atoms with Crippen LogP contribution in [0, 0.1) is 31.0 Å². The molecule has 1 aliphatic heterocycles. The van der Waals surface area contributed by atoms with Crippen molar-refractivity contribution in [3.63, 3.8) is 0 Å². The molecule has 2 aromatic carbocycles. The third-order valence-corrected chi connectivity index (χ3v) is 10.3. The van der Waals surface area contributed by atoms with Crippen LogP contribution in [0.3, 0.4) is 0 Å². The first-order valence-electron chi connectivity index (χ1n) is 15.2. The molecular formula is C33H36ClFN8. The van der Waals surface area contributed by atoms with Gasteiger partial charge in [0, 0.05) is 45.3 Å². The van der Waals surface area contributed by atoms with Crippen LogP contribution in [-0.2, 0) is 0 Å². The number of benzene rings is 2. The number of piperidine rings is 1. The van der Waals surface area contributed by atoms with Gasteiger partial charge < -0.3 is 10.2 Å². The summed E-state index contributed by atoms with van der Waals surface area (Å²) >= 11 is 7.04. The van der Waals surface area contributed by atoms with Gasteiger partial charge in [-0.1, -0.05) is 18.5 Å². The van der Waals surface area contributed by atoms with Crippen LogP contribution >= 0.6 is 11.6 Å². The van der Waals surface area contributed by atoms with E-state index in [1.165, 1.54) is 0 Å². The van der Waals surface area contributed by atoms with Gasteiger partial charge in [-0.05, 0) is 82.9 Å². The van der Waals surface area contributed by atoms with E-state index in [2.05, 4.69) is 45.1 Å². The van der Waals surface area contributed by atoms with Crippen molar-refractivity contribution in [1.82, 2.24) is 35.2 Å². The third-order valence-electron chi connectivity index (χ3n) is 10.0. The Hall–Kier alpha value is -3.58. The maximum Gasteiger partial charge on any atom is 0.158 e. The van der Waals surface area contributed by atoms with Crippen molar-refractivity contribution >= 4 is 44.3 Å². The summed E-state index contributed by atoms with van der Waals surface area (Å²) < 4.78 is 19.2. The van der Waals surface area contributed by atoms with Crippen LogP contribution in [0.5, 0.6) is 0 Å². The number of hydrogen-bond acceptors (Lipinski definition) is 6. The first kappa shape index (κ1) is 28.2. The van der Waals surface area contributed by atoms with Crippen LogP contribution in [0.1, 0.15) is 67.8 Å². The van der Waals surface area contributed by atoms with Crippen LogP contribution in [0.2, 0.25) is 5.02 Å². The Morgan fingerprint density at radius 2 is 1.95 bits per heavy atom. The van der Waals surface area contributed by atoms with Crippen molar-refractivity contribution < 1.29 is 4.39 Å². The van der Waals surface area contributed by atoms with Gasteiger partial charge in [-0.3, -0.25) is 9.78 Å². The molecule has 0 unspecified atom stereocenters. The molecule has 0 spiro atoms. The standard InChI is InChI=1S/C33H36ClFN8/c1-5-42(4)22-11-19(12-22)31-25-16-39-43(21-7-9-37-20(13-21)6-8-36)33(25)23-14-26(34)29(30(35)32(23)40-31)28-18(3)17(2)10-27-24(28)15-38-41-27/h10,14-16,19-22,37H,5-7,9,11-13H2,1-4H3,(H,38,41)/t19?,20-,21+,22?/m1/s1. The summed E-state index contributed by atoms with van der Waals surface area (Å²) in [5.74, 6) is -0.188. The summed E-state index contributed by atoms with van der Waals surface area (Å²) in [7, 11) is 2.16. The second-order valence-corrected chi connectivity index (χ2v) is 12.8. The van der Waals surface area contributed by atoms with Gasteiger partial charge in [0.2, 0.25) is 0 Å². The lowest BCUT2D eigenvalue weighted by Crippen LogP contribution is -2.41. The van der Waals surface area contributed by atoms with Crippen molar-refractivity contribution in [2.75, 3.05) is 20.1 Å². The molecule has 0 bridgehead atoms. The minimum atomic E-state index is -0.413. The van der Waals surface area contributed by atoms with E-state index in [9.17, 15) is 5.26 Å². The summed E-state index contributed by atoms with van der Waals surface area (Å²) in [6.07, 6.45) is 7.71. The zero-order valence-electron chi connectivity index (χ0n) is 25.0. The number of pyridine rings is 1. The fourth-order valence-corrected chi connectivity index (χ4v) is 7.55. The van der Waals surface area contributed by atoms with Crippen molar-refractivity contribution in [2.24, 2.45) is 0 Å². The van der Waals surface area contributed by atoms with E-state index in [4.69, 9.17) is 21.7 Å². The molecule has 1 saturated carbocycles. The van der Waals surface area contributed by atoms with E-state index in [0.29, 0.717) is 34.0 Å². The third kappa shape index (κ3) is 4.50. The van der Waals surface area contributed by atoms with Gasteiger partial charge in [0.15, 0.2) is 5.82 Å². The molecule has 7 rings (SSSR count). The summed E-state index contributed by atoms with van der Waals surface area (Å²) in [5, 5.41) is 27.8. The minimum Gasteiger partial charge on any atom is -0.313 e. The van der Waals surface area contributed by atoms with Crippen molar-refractivity contribution in [1.29, 1.82) is 5.26 Å². The number of nitrogens with zero attached hydrogens (tertiary/aromatic N) is 6. The summed E-state index contributed by atoms with van der Waals surface area (Å²) in [4.78, 5) is 7.48. The van der Waals surface area contributed by atoms with Gasteiger partial charge in [0.1, 0.15) is 5.52 Å². The van der Waals surface area contributed by atoms with Crippen molar-refractivity contribution in [3.8, 4) is 17.2 Å². The topological polar surface area (TPSA) is 98.4 Å². The average Bonchev–Trinajstić information content (AvgIpc) is 3.62. The number of rotatable bonds is 6. The Morgan fingerprint density at radius 3 is 2.72 bits per heavy atom. The zero-order valence-corrected chi connectivity index (χ0v) is 25.8. The Bertz CT molecular complexity index is 1910. The van der Waals surface area contributed by atoms with Gasteiger partial charge in [-0.25, -0.2) is 9.37 Å². The SMILES string of the molecule is CCN(C)C1CC(c2nc3c(F)c(-c4c(C)c(C)cc5[nH]ncc45)c(Cl)cc3c3c2cnn3[C@H]2CCN[C@H](CC#N)C2)C1. The molecule has 1 aliphatic carbocycles. The fourth-order valence-electron chi connectivity index (χ4n) is 7.27. The molecule has 43 heavy (non-hydrogen) atoms. The lowest BCUT2D eigenvalue weighted by Gasteiger charge is -2.41. The molecule has 1 saturated heterocycles. The van der Waals surface area contributed by atoms with Crippen LogP contribution < -0.4 is 5.32 Å². The summed E-state index contributed by atoms with van der Waals surface area (Å²) in [6, 6.07) is 6.89. The Labute approximate surface area is 255 Å². The van der Waals surface area contributed by atoms with E-state index in [-0.39, 0.29) is 18.0 Å². The number of aromatic nitrogens is 5. The second-order valence-electron chi connectivity index (χ2n) is 12.4. The van der Waals surface area contributed by atoms with E-state index < -0.39 is 5.82 Å². The first-order chi connectivity index (χ1) is 20.8. The van der Waals surface area contributed by atoms with Gasteiger partial charge in [-0.2, -0.15) is 15.5 Å². The average molecular weight is 599 g/mol. The largest absolute Gasteiger partial charge is 0.313 e. The molecular weight excluding hydrogens is 563 g/mol. The highest BCUT2D eigenvalue weighted by molar-refractivity contribution is 6.35. The number of H-pyrrole nitrogens is 1. The highest BCUT2D eigenvalue weighted by Crippen LogP contribution is 2.46. The number of fused-ring (bicyclic) bond motifs is 4. The molecule has 2 fully saturated rings. The van der Waals surface area contributed by atoms with Crippen LogP contribution in [0.25, 0.3) is 43.8 Å². The Morgan fingerprint density at radius 1 is 1.14 bits per heavy atom. The van der Waals surface area contributed by atoms with Crippen LogP contribution in [0.4, 0.5) is 4.39 Å². The number of aromatic amines is 1. The quantitative estimate of drug-likeness (QED) is 0.220. The highest BCUT2D eigenvalue weighted by Gasteiger charge is 2.36. The molecule has 0 radical (unpaired) electrons. The number of aryl methyl sites for hydroxylation is 1. The van der Waals surface area contributed by atoms with Crippen LogP contribution in [0.15, 0.2) is 24.5 Å². The highest BCUT2D eigenvalue weighted by atomic mass is 35.5. The summed E-state index contributed by atoms with van der Waals surface area (Å²) in [5.41, 5.74) is 6.07. The second kappa shape index (κ2) is 10.8. The molecule has 2 aliphatic rings. The predicted molar refractivity (Wildman–Crippen MR) is 169 cm³/mol. The molecule has 3 aromatic heterocycles. The molecule has 222 valence electrons. The van der Waals surface area contributed by atoms with Gasteiger partial charge in [0.25, 0.3) is 0 Å². The number of halogens is 2. The molecule has 8 nitrogen and oxygen atoms in total. The van der Waals surface area contributed by atoms with Crippen LogP contribution in [-0.4, -0.2) is 62.1 Å². The van der Waals surface area contributed by atoms with Gasteiger partial charge >= 0.3 is 0 Å². The molecule has 0 amide bonds. The monoisotopic (exact) mass is 598 g/mol. The molecule has 2 N–H and O–H groups in total. The molecule has 10 heteroatoms. The Kier molecular flexibility index (Phi) is 7.12. The molecule has 5 aromatic rings. The lowest BCUT2D eigenvalue weighted by molar-refractivity contribution is 0.142. The fraction of sp³-hybridized carbons (Fsp3) is 0.455. The summed E-state index contributed by atoms with van der Waals surface area (Å²) in [6.45, 7) is 7.98. The number of hydrogen-bond donors (Lipinski definition) is 2.